The van der Waals surface area contributed by atoms with Crippen LogP contribution < -0.4 is 13.8 Å². The maximum absolute atomic E-state index is 13.9. The molecule has 13 heteroatoms. The van der Waals surface area contributed by atoms with E-state index in [1.165, 1.54) is 48.2 Å². The third kappa shape index (κ3) is 8.33. The first-order chi connectivity index (χ1) is 23.8. The van der Waals surface area contributed by atoms with Crippen molar-refractivity contribution >= 4 is 27.7 Å². The van der Waals surface area contributed by atoms with Gasteiger partial charge < -0.3 is 18.6 Å². The number of β-lactam (4-membered cyclic amide) rings is 1. The van der Waals surface area contributed by atoms with E-state index in [-0.39, 0.29) is 31.0 Å². The Balaban J connectivity index is 1.50. The number of hydrogen-bond donors (Lipinski definition) is 0. The lowest BCUT2D eigenvalue weighted by atomic mass is 9.77. The second-order valence-corrected chi connectivity index (χ2v) is 13.1. The number of alkyl halides is 3. The number of halogens is 4. The molecule has 0 spiro atoms. The van der Waals surface area contributed by atoms with Crippen LogP contribution in [0.15, 0.2) is 110 Å². The molecule has 0 bridgehead atoms. The molecule has 1 saturated heterocycles. The van der Waals surface area contributed by atoms with Gasteiger partial charge in [-0.3, -0.25) is 9.59 Å². The fraction of sp³-hybridized carbons (Fsp3) is 0.243. The van der Waals surface area contributed by atoms with Crippen molar-refractivity contribution in [2.75, 3.05) is 4.90 Å². The van der Waals surface area contributed by atoms with E-state index in [0.29, 0.717) is 23.3 Å². The number of allylic oxidation sites excluding steroid dienone is 1. The second-order valence-electron chi connectivity index (χ2n) is 11.6. The minimum atomic E-state index is -5.90. The standard InChI is InChI=1S/C37H33F4NO7S/c1-3-7-25-10-19-31(34(22-25)47-23-26-8-5-4-6-9-26)35-32(20-21-33(48-24(2)43)27-11-13-28(38)14-12-27)36(44)42(35)29-15-17-30(18-16-29)49-50(45,46)37(39,40)41/h3-6,8-19,22,32-33,35H,1,7,20-21,23H2,2H3/t32?,33-,35?/m0/s1. The van der Waals surface area contributed by atoms with Crippen molar-refractivity contribution in [3.63, 3.8) is 0 Å². The zero-order valence-corrected chi connectivity index (χ0v) is 27.6. The van der Waals surface area contributed by atoms with E-state index in [4.69, 9.17) is 9.47 Å². The van der Waals surface area contributed by atoms with E-state index in [0.717, 1.165) is 23.3 Å². The molecule has 8 nitrogen and oxygen atoms in total. The highest BCUT2D eigenvalue weighted by atomic mass is 32.2. The van der Waals surface area contributed by atoms with Gasteiger partial charge in [-0.25, -0.2) is 4.39 Å². The van der Waals surface area contributed by atoms with E-state index >= 15 is 0 Å². The summed E-state index contributed by atoms with van der Waals surface area (Å²) in [6.45, 7) is 5.28. The molecule has 0 aliphatic carbocycles. The van der Waals surface area contributed by atoms with Gasteiger partial charge in [0.2, 0.25) is 5.91 Å². The summed E-state index contributed by atoms with van der Waals surface area (Å²) in [5.41, 5.74) is -2.36. The summed E-state index contributed by atoms with van der Waals surface area (Å²) in [5, 5.41) is 0. The van der Waals surface area contributed by atoms with Crippen molar-refractivity contribution in [2.24, 2.45) is 5.92 Å². The largest absolute Gasteiger partial charge is 0.534 e. The van der Waals surface area contributed by atoms with Gasteiger partial charge >= 0.3 is 21.6 Å². The number of carbonyl (C=O) groups is 2. The average Bonchev–Trinajstić information content (AvgIpc) is 3.07. The Morgan fingerprint density at radius 2 is 1.64 bits per heavy atom. The average molecular weight is 712 g/mol. The molecule has 3 atom stereocenters. The van der Waals surface area contributed by atoms with E-state index in [2.05, 4.69) is 10.8 Å². The van der Waals surface area contributed by atoms with Crippen LogP contribution in [0.5, 0.6) is 11.5 Å². The zero-order chi connectivity index (χ0) is 36.1. The lowest BCUT2D eigenvalue weighted by Crippen LogP contribution is -2.55. The van der Waals surface area contributed by atoms with Gasteiger partial charge in [0.15, 0.2) is 0 Å². The fourth-order valence-corrected chi connectivity index (χ4v) is 6.25. The van der Waals surface area contributed by atoms with Crippen molar-refractivity contribution in [1.29, 1.82) is 0 Å². The Morgan fingerprint density at radius 1 is 0.960 bits per heavy atom. The van der Waals surface area contributed by atoms with Crippen LogP contribution in [0.1, 0.15) is 54.2 Å². The van der Waals surface area contributed by atoms with Gasteiger partial charge in [0, 0.05) is 18.2 Å². The Labute approximate surface area is 287 Å². The number of benzene rings is 4. The Hall–Kier alpha value is -5.17. The maximum atomic E-state index is 13.9. The van der Waals surface area contributed by atoms with Crippen molar-refractivity contribution in [2.45, 2.75) is 50.4 Å². The van der Waals surface area contributed by atoms with Gasteiger partial charge in [-0.1, -0.05) is 60.7 Å². The molecule has 0 N–H and O–H groups in total. The van der Waals surface area contributed by atoms with Gasteiger partial charge in [-0.15, -0.1) is 6.58 Å². The number of esters is 1. The second kappa shape index (κ2) is 15.2. The van der Waals surface area contributed by atoms with Crippen molar-refractivity contribution in [3.8, 4) is 11.5 Å². The number of nitrogens with zero attached hydrogens (tertiary/aromatic N) is 1. The van der Waals surface area contributed by atoms with Gasteiger partial charge in [0.1, 0.15) is 30.0 Å². The summed E-state index contributed by atoms with van der Waals surface area (Å²) >= 11 is 0. The highest BCUT2D eigenvalue weighted by molar-refractivity contribution is 7.88. The predicted octanol–water partition coefficient (Wildman–Crippen LogP) is 8.15. The third-order valence-corrected chi connectivity index (χ3v) is 9.10. The molecular weight excluding hydrogens is 678 g/mol. The summed E-state index contributed by atoms with van der Waals surface area (Å²) in [5.74, 6) is -2.11. The predicted molar refractivity (Wildman–Crippen MR) is 177 cm³/mol. The van der Waals surface area contributed by atoms with Crippen LogP contribution in [0.25, 0.3) is 0 Å². The molecule has 50 heavy (non-hydrogen) atoms. The van der Waals surface area contributed by atoms with E-state index in [1.807, 2.05) is 48.5 Å². The van der Waals surface area contributed by atoms with E-state index in [9.17, 15) is 35.6 Å². The van der Waals surface area contributed by atoms with Gasteiger partial charge in [0.05, 0.1) is 12.0 Å². The molecule has 4 aromatic carbocycles. The number of hydrogen-bond acceptors (Lipinski definition) is 7. The summed E-state index contributed by atoms with van der Waals surface area (Å²) in [7, 11) is -5.90. The van der Waals surface area contributed by atoms with Crippen LogP contribution in [0, 0.1) is 11.7 Å². The summed E-state index contributed by atoms with van der Waals surface area (Å²) in [6, 6.07) is 24.5. The molecule has 0 saturated carbocycles. The number of ether oxygens (including phenoxy) is 2. The van der Waals surface area contributed by atoms with Crippen LogP contribution >= 0.6 is 0 Å². The number of anilines is 1. The molecule has 1 heterocycles. The first-order valence-electron chi connectivity index (χ1n) is 15.5. The SMILES string of the molecule is C=CCc1ccc(C2C(CC[C@H](OC(C)=O)c3ccc(F)cc3)C(=O)N2c2ccc(OS(=O)(=O)C(F)(F)F)cc2)c(OCc2ccccc2)c1. The summed E-state index contributed by atoms with van der Waals surface area (Å²) in [4.78, 5) is 27.3. The molecule has 1 amide bonds. The Morgan fingerprint density at radius 3 is 2.26 bits per heavy atom. The van der Waals surface area contributed by atoms with Crippen molar-refractivity contribution in [3.05, 3.63) is 138 Å². The molecule has 5 rings (SSSR count). The molecule has 2 unspecified atom stereocenters. The highest BCUT2D eigenvalue weighted by Gasteiger charge is 2.50. The molecular formula is C37H33F4NO7S. The zero-order valence-electron chi connectivity index (χ0n) is 26.8. The van der Waals surface area contributed by atoms with Gasteiger partial charge in [0.25, 0.3) is 0 Å². The Kier molecular flexibility index (Phi) is 11.0. The fourth-order valence-electron chi connectivity index (χ4n) is 5.79. The van der Waals surface area contributed by atoms with E-state index in [1.54, 1.807) is 6.08 Å². The topological polar surface area (TPSA) is 99.2 Å². The van der Waals surface area contributed by atoms with Crippen molar-refractivity contribution < 1.29 is 49.2 Å². The molecule has 1 aliphatic heterocycles. The first-order valence-corrected chi connectivity index (χ1v) is 16.9. The highest BCUT2D eigenvalue weighted by Crippen LogP contribution is 2.49. The van der Waals surface area contributed by atoms with Crippen LogP contribution in [-0.4, -0.2) is 25.8 Å². The Bertz CT molecular complexity index is 1930. The lowest BCUT2D eigenvalue weighted by molar-refractivity contribution is -0.147. The van der Waals surface area contributed by atoms with Crippen LogP contribution in [0.4, 0.5) is 23.2 Å². The number of rotatable bonds is 14. The molecule has 1 fully saturated rings. The molecule has 262 valence electrons. The number of carbonyl (C=O) groups excluding carboxylic acids is 2. The minimum absolute atomic E-state index is 0.211. The quantitative estimate of drug-likeness (QED) is 0.0325. The van der Waals surface area contributed by atoms with Crippen LogP contribution in [-0.2, 0) is 37.5 Å². The van der Waals surface area contributed by atoms with Crippen molar-refractivity contribution in [1.82, 2.24) is 0 Å². The van der Waals surface area contributed by atoms with Gasteiger partial charge in [-0.2, -0.15) is 21.6 Å². The monoisotopic (exact) mass is 711 g/mol. The molecule has 1 aliphatic rings. The normalized spacial score (nSPS) is 16.7. The van der Waals surface area contributed by atoms with Crippen LogP contribution in [0.3, 0.4) is 0 Å². The molecule has 4 aromatic rings. The van der Waals surface area contributed by atoms with Gasteiger partial charge in [-0.05, 0) is 78.4 Å². The lowest BCUT2D eigenvalue weighted by Gasteiger charge is -2.48. The maximum Gasteiger partial charge on any atom is 0.534 e. The van der Waals surface area contributed by atoms with E-state index < -0.39 is 51.2 Å². The first kappa shape index (κ1) is 36.1. The molecule has 0 aromatic heterocycles. The summed E-state index contributed by atoms with van der Waals surface area (Å²) in [6.07, 6.45) is 1.95. The van der Waals surface area contributed by atoms with Crippen LogP contribution in [0.2, 0.25) is 0 Å². The summed E-state index contributed by atoms with van der Waals surface area (Å²) < 4.78 is 91.6. The number of amides is 1. The molecule has 0 radical (unpaired) electrons. The smallest absolute Gasteiger partial charge is 0.489 e. The minimum Gasteiger partial charge on any atom is -0.489 e. The third-order valence-electron chi connectivity index (χ3n) is 8.12.